The first-order chi connectivity index (χ1) is 9.20. The maximum absolute atomic E-state index is 9.49. The van der Waals surface area contributed by atoms with Crippen molar-refractivity contribution >= 4 is 0 Å². The van der Waals surface area contributed by atoms with Crippen LogP contribution in [0.15, 0.2) is 48.5 Å². The summed E-state index contributed by atoms with van der Waals surface area (Å²) >= 11 is 0. The number of aryl methyl sites for hydroxylation is 2. The highest BCUT2D eigenvalue weighted by molar-refractivity contribution is 5.30. The van der Waals surface area contributed by atoms with Gasteiger partial charge in [0.2, 0.25) is 0 Å². The Hall–Kier alpha value is -1.64. The van der Waals surface area contributed by atoms with Crippen molar-refractivity contribution in [2.45, 2.75) is 26.4 Å². The van der Waals surface area contributed by atoms with Gasteiger partial charge in [-0.05, 0) is 36.1 Å². The first-order valence-corrected chi connectivity index (χ1v) is 6.66. The van der Waals surface area contributed by atoms with Crippen molar-refractivity contribution in [3.05, 3.63) is 70.8 Å². The maximum Gasteiger partial charge on any atom is 0.0626 e. The van der Waals surface area contributed by atoms with Crippen LogP contribution in [-0.2, 0) is 6.54 Å². The molecule has 0 aliphatic rings. The van der Waals surface area contributed by atoms with Gasteiger partial charge in [0.1, 0.15) is 0 Å². The molecule has 0 bridgehead atoms. The van der Waals surface area contributed by atoms with Crippen LogP contribution in [0.2, 0.25) is 0 Å². The zero-order valence-corrected chi connectivity index (χ0v) is 11.6. The Kier molecular flexibility index (Phi) is 4.72. The molecule has 0 aliphatic carbocycles. The third kappa shape index (κ3) is 3.66. The molecule has 0 heterocycles. The third-order valence-electron chi connectivity index (χ3n) is 3.51. The van der Waals surface area contributed by atoms with E-state index in [2.05, 4.69) is 37.4 Å². The number of nitrogens with one attached hydrogen (secondary N) is 1. The van der Waals surface area contributed by atoms with Crippen LogP contribution < -0.4 is 5.32 Å². The van der Waals surface area contributed by atoms with E-state index in [4.69, 9.17) is 0 Å². The first-order valence-electron chi connectivity index (χ1n) is 6.66. The van der Waals surface area contributed by atoms with E-state index >= 15 is 0 Å². The van der Waals surface area contributed by atoms with E-state index in [0.29, 0.717) is 0 Å². The molecule has 100 valence electrons. The first kappa shape index (κ1) is 13.8. The van der Waals surface area contributed by atoms with Crippen molar-refractivity contribution in [3.8, 4) is 0 Å². The van der Waals surface area contributed by atoms with Gasteiger partial charge in [-0.25, -0.2) is 0 Å². The summed E-state index contributed by atoms with van der Waals surface area (Å²) in [6.45, 7) is 5.11. The summed E-state index contributed by atoms with van der Waals surface area (Å²) in [6.07, 6.45) is 0. The van der Waals surface area contributed by atoms with Crippen LogP contribution in [0.3, 0.4) is 0 Å². The molecule has 2 nitrogen and oxygen atoms in total. The molecule has 1 atom stereocenters. The van der Waals surface area contributed by atoms with Gasteiger partial charge in [0.05, 0.1) is 12.6 Å². The van der Waals surface area contributed by atoms with Gasteiger partial charge in [-0.3, -0.25) is 0 Å². The maximum atomic E-state index is 9.49. The highest BCUT2D eigenvalue weighted by Crippen LogP contribution is 2.14. The molecule has 0 fully saturated rings. The van der Waals surface area contributed by atoms with Crippen molar-refractivity contribution in [2.24, 2.45) is 0 Å². The van der Waals surface area contributed by atoms with Gasteiger partial charge in [-0.1, -0.05) is 48.5 Å². The Balaban J connectivity index is 2.02. The SMILES string of the molecule is Cc1ccc(CNC(CO)c2ccccc2)cc1C. The second-order valence-electron chi connectivity index (χ2n) is 4.95. The number of hydrogen-bond donors (Lipinski definition) is 2. The van der Waals surface area contributed by atoms with E-state index in [1.54, 1.807) is 0 Å². The quantitative estimate of drug-likeness (QED) is 0.860. The molecule has 1 unspecified atom stereocenters. The topological polar surface area (TPSA) is 32.3 Å². The number of hydrogen-bond acceptors (Lipinski definition) is 2. The Morgan fingerprint density at radius 2 is 1.74 bits per heavy atom. The Morgan fingerprint density at radius 3 is 2.37 bits per heavy atom. The van der Waals surface area contributed by atoms with Crippen LogP contribution in [0, 0.1) is 13.8 Å². The van der Waals surface area contributed by atoms with Crippen LogP contribution in [0.4, 0.5) is 0 Å². The minimum absolute atomic E-state index is 0.0113. The Bertz CT molecular complexity index is 522. The van der Waals surface area contributed by atoms with Gasteiger partial charge in [0, 0.05) is 6.54 Å². The lowest BCUT2D eigenvalue weighted by molar-refractivity contribution is 0.243. The van der Waals surface area contributed by atoms with E-state index in [1.165, 1.54) is 16.7 Å². The van der Waals surface area contributed by atoms with Crippen molar-refractivity contribution in [1.82, 2.24) is 5.32 Å². The average Bonchev–Trinajstić information content (AvgIpc) is 2.44. The monoisotopic (exact) mass is 255 g/mol. The number of benzene rings is 2. The lowest BCUT2D eigenvalue weighted by Crippen LogP contribution is -2.23. The largest absolute Gasteiger partial charge is 0.394 e. The molecule has 2 heteroatoms. The minimum Gasteiger partial charge on any atom is -0.394 e. The van der Waals surface area contributed by atoms with Crippen molar-refractivity contribution < 1.29 is 5.11 Å². The second kappa shape index (κ2) is 6.50. The molecule has 2 aromatic carbocycles. The van der Waals surface area contributed by atoms with E-state index in [-0.39, 0.29) is 12.6 Å². The molecule has 2 N–H and O–H groups in total. The van der Waals surface area contributed by atoms with Crippen molar-refractivity contribution in [2.75, 3.05) is 6.61 Å². The van der Waals surface area contributed by atoms with E-state index in [9.17, 15) is 5.11 Å². The second-order valence-corrected chi connectivity index (χ2v) is 4.95. The zero-order chi connectivity index (χ0) is 13.7. The number of rotatable bonds is 5. The van der Waals surface area contributed by atoms with Gasteiger partial charge in [-0.15, -0.1) is 0 Å². The Labute approximate surface area is 115 Å². The fourth-order valence-electron chi connectivity index (χ4n) is 2.13. The molecule has 0 radical (unpaired) electrons. The van der Waals surface area contributed by atoms with Crippen LogP contribution in [0.25, 0.3) is 0 Å². The fraction of sp³-hybridized carbons (Fsp3) is 0.294. The van der Waals surface area contributed by atoms with E-state index < -0.39 is 0 Å². The molecule has 0 aromatic heterocycles. The van der Waals surface area contributed by atoms with Crippen LogP contribution >= 0.6 is 0 Å². The lowest BCUT2D eigenvalue weighted by Gasteiger charge is -2.17. The third-order valence-corrected chi connectivity index (χ3v) is 3.51. The predicted molar refractivity (Wildman–Crippen MR) is 79.0 cm³/mol. The fourth-order valence-corrected chi connectivity index (χ4v) is 2.13. The summed E-state index contributed by atoms with van der Waals surface area (Å²) in [5.74, 6) is 0. The molecule has 2 rings (SSSR count). The van der Waals surface area contributed by atoms with Crippen molar-refractivity contribution in [1.29, 1.82) is 0 Å². The van der Waals surface area contributed by atoms with Gasteiger partial charge < -0.3 is 10.4 Å². The summed E-state index contributed by atoms with van der Waals surface area (Å²) in [6, 6.07) is 16.5. The molecule has 0 amide bonds. The Morgan fingerprint density at radius 1 is 1.00 bits per heavy atom. The van der Waals surface area contributed by atoms with Gasteiger partial charge in [-0.2, -0.15) is 0 Å². The standard InChI is InChI=1S/C17H21NO/c1-13-8-9-15(10-14(13)2)11-18-17(12-19)16-6-4-3-5-7-16/h3-10,17-19H,11-12H2,1-2H3. The highest BCUT2D eigenvalue weighted by atomic mass is 16.3. The highest BCUT2D eigenvalue weighted by Gasteiger charge is 2.09. The molecule has 2 aromatic rings. The predicted octanol–water partition coefficient (Wildman–Crippen LogP) is 3.13. The van der Waals surface area contributed by atoms with Crippen molar-refractivity contribution in [3.63, 3.8) is 0 Å². The van der Waals surface area contributed by atoms with Crippen LogP contribution in [-0.4, -0.2) is 11.7 Å². The number of aliphatic hydroxyl groups is 1. The number of aliphatic hydroxyl groups excluding tert-OH is 1. The molecule has 0 aliphatic heterocycles. The van der Waals surface area contributed by atoms with Gasteiger partial charge >= 0.3 is 0 Å². The zero-order valence-electron chi connectivity index (χ0n) is 11.6. The summed E-state index contributed by atoms with van der Waals surface area (Å²) in [5.41, 5.74) is 4.98. The minimum atomic E-state index is -0.0113. The molecule has 0 spiro atoms. The average molecular weight is 255 g/mol. The molecular weight excluding hydrogens is 234 g/mol. The molecular formula is C17H21NO. The van der Waals surface area contributed by atoms with Crippen LogP contribution in [0.1, 0.15) is 28.3 Å². The normalized spacial score (nSPS) is 12.4. The summed E-state index contributed by atoms with van der Waals surface area (Å²) < 4.78 is 0. The summed E-state index contributed by atoms with van der Waals surface area (Å²) in [7, 11) is 0. The van der Waals surface area contributed by atoms with E-state index in [1.807, 2.05) is 30.3 Å². The molecule has 0 saturated carbocycles. The summed E-state index contributed by atoms with van der Waals surface area (Å²) in [4.78, 5) is 0. The van der Waals surface area contributed by atoms with Gasteiger partial charge in [0.15, 0.2) is 0 Å². The summed E-state index contributed by atoms with van der Waals surface area (Å²) in [5, 5.41) is 12.9. The molecule has 19 heavy (non-hydrogen) atoms. The smallest absolute Gasteiger partial charge is 0.0626 e. The van der Waals surface area contributed by atoms with E-state index in [0.717, 1.165) is 12.1 Å². The molecule has 0 saturated heterocycles. The van der Waals surface area contributed by atoms with Crippen LogP contribution in [0.5, 0.6) is 0 Å². The lowest BCUT2D eigenvalue weighted by atomic mass is 10.0. The van der Waals surface area contributed by atoms with Gasteiger partial charge in [0.25, 0.3) is 0 Å².